The summed E-state index contributed by atoms with van der Waals surface area (Å²) in [5.41, 5.74) is 18.9. The topological polar surface area (TPSA) is 0 Å². The molecule has 0 saturated heterocycles. The number of aryl methyl sites for hydroxylation is 1. The summed E-state index contributed by atoms with van der Waals surface area (Å²) in [6.45, 7) is 15.8. The molecular formula is C34H34. The molecule has 0 saturated carbocycles. The lowest BCUT2D eigenvalue weighted by molar-refractivity contribution is 0.651. The number of hydrogen-bond acceptors (Lipinski definition) is 0. The van der Waals surface area contributed by atoms with Crippen LogP contribution in [-0.4, -0.2) is 0 Å². The molecule has 0 N–H and O–H groups in total. The van der Waals surface area contributed by atoms with Gasteiger partial charge in [0, 0.05) is 10.8 Å². The molecule has 0 spiro atoms. The molecule has 3 aliphatic carbocycles. The van der Waals surface area contributed by atoms with Gasteiger partial charge < -0.3 is 0 Å². The minimum Gasteiger partial charge on any atom is -0.0683 e. The lowest BCUT2D eigenvalue weighted by Crippen LogP contribution is -2.17. The van der Waals surface area contributed by atoms with Gasteiger partial charge in [0.05, 0.1) is 0 Å². The van der Waals surface area contributed by atoms with Crippen molar-refractivity contribution in [2.75, 3.05) is 0 Å². The van der Waals surface area contributed by atoms with E-state index < -0.39 is 0 Å². The third-order valence-electron chi connectivity index (χ3n) is 8.54. The summed E-state index contributed by atoms with van der Waals surface area (Å²) in [7, 11) is 0. The zero-order valence-electron chi connectivity index (χ0n) is 21.6. The summed E-state index contributed by atoms with van der Waals surface area (Å²) >= 11 is 0. The first-order valence-electron chi connectivity index (χ1n) is 12.8. The summed E-state index contributed by atoms with van der Waals surface area (Å²) in [5, 5.41) is 0. The molecule has 0 heteroatoms. The molecule has 0 heterocycles. The van der Waals surface area contributed by atoms with Crippen molar-refractivity contribution in [3.8, 4) is 33.4 Å². The molecule has 0 aromatic heterocycles. The minimum absolute atomic E-state index is 0.00382. The van der Waals surface area contributed by atoms with Crippen LogP contribution in [0.15, 0.2) is 66.7 Å². The van der Waals surface area contributed by atoms with Crippen LogP contribution in [-0.2, 0) is 17.3 Å². The van der Waals surface area contributed by atoms with Crippen molar-refractivity contribution < 1.29 is 0 Å². The van der Waals surface area contributed by atoms with E-state index >= 15 is 0 Å². The maximum Gasteiger partial charge on any atom is 0.0159 e. The van der Waals surface area contributed by atoms with Gasteiger partial charge in [0.1, 0.15) is 0 Å². The highest BCUT2D eigenvalue weighted by molar-refractivity contribution is 5.99. The first kappa shape index (κ1) is 21.4. The Labute approximate surface area is 204 Å². The van der Waals surface area contributed by atoms with Crippen molar-refractivity contribution in [3.05, 3.63) is 106 Å². The summed E-state index contributed by atoms with van der Waals surface area (Å²) in [5.74, 6) is 0. The second-order valence-electron chi connectivity index (χ2n) is 11.1. The average molecular weight is 443 g/mol. The van der Waals surface area contributed by atoms with Crippen LogP contribution in [0.1, 0.15) is 80.5 Å². The Hall–Kier alpha value is -3.12. The van der Waals surface area contributed by atoms with Gasteiger partial charge in [0.15, 0.2) is 0 Å². The zero-order valence-corrected chi connectivity index (χ0v) is 21.6. The molecule has 0 nitrogen and oxygen atoms in total. The average Bonchev–Trinajstić information content (AvgIpc) is 3.39. The van der Waals surface area contributed by atoms with Crippen molar-refractivity contribution in [1.29, 1.82) is 0 Å². The van der Waals surface area contributed by atoms with Crippen molar-refractivity contribution in [1.82, 2.24) is 0 Å². The second-order valence-corrected chi connectivity index (χ2v) is 11.1. The SMILES string of the molecule is CC.Cc1ccc2c(c1)C(C)(C)c1cc3c(cc1-2)C(C)(C)c1ccc2c(c1-3)-c1ccccc1C2. The molecule has 4 aromatic carbocycles. The maximum absolute atomic E-state index is 2.55. The summed E-state index contributed by atoms with van der Waals surface area (Å²) in [4.78, 5) is 0. The van der Waals surface area contributed by atoms with E-state index in [-0.39, 0.29) is 10.8 Å². The van der Waals surface area contributed by atoms with Gasteiger partial charge in [-0.25, -0.2) is 0 Å². The highest BCUT2D eigenvalue weighted by atomic mass is 14.5. The van der Waals surface area contributed by atoms with Gasteiger partial charge in [-0.05, 0) is 92.2 Å². The van der Waals surface area contributed by atoms with Crippen LogP contribution in [0.5, 0.6) is 0 Å². The van der Waals surface area contributed by atoms with Crippen LogP contribution in [0.2, 0.25) is 0 Å². The van der Waals surface area contributed by atoms with Crippen molar-refractivity contribution in [2.24, 2.45) is 0 Å². The van der Waals surface area contributed by atoms with E-state index in [0.29, 0.717) is 0 Å². The van der Waals surface area contributed by atoms with Gasteiger partial charge in [0.25, 0.3) is 0 Å². The second kappa shape index (κ2) is 6.95. The fraction of sp³-hybridized carbons (Fsp3) is 0.294. The van der Waals surface area contributed by atoms with Crippen LogP contribution < -0.4 is 0 Å². The standard InChI is InChI=1S/C32H28.C2H6/c1-18-10-12-22-23-16-28-24(17-27(23)32(4,5)26(22)14-18)30-25(31(28,2)3)13-11-20-15-19-8-6-7-9-21(19)29(20)30;1-2/h6-14,16-17H,15H2,1-5H3;1-2H3. The molecule has 0 amide bonds. The molecule has 4 aromatic rings. The van der Waals surface area contributed by atoms with E-state index in [2.05, 4.69) is 101 Å². The molecule has 0 atom stereocenters. The fourth-order valence-electron chi connectivity index (χ4n) is 6.79. The Morgan fingerprint density at radius 1 is 0.529 bits per heavy atom. The van der Waals surface area contributed by atoms with Crippen LogP contribution in [0, 0.1) is 6.92 Å². The summed E-state index contributed by atoms with van der Waals surface area (Å²) in [6.07, 6.45) is 1.05. The Morgan fingerprint density at radius 2 is 1.18 bits per heavy atom. The quantitative estimate of drug-likeness (QED) is 0.224. The first-order valence-corrected chi connectivity index (χ1v) is 12.8. The van der Waals surface area contributed by atoms with Crippen LogP contribution in [0.4, 0.5) is 0 Å². The van der Waals surface area contributed by atoms with Gasteiger partial charge in [0.2, 0.25) is 0 Å². The Balaban J connectivity index is 0.00000106. The number of fused-ring (bicyclic) bond motifs is 10. The van der Waals surface area contributed by atoms with Crippen LogP contribution in [0.25, 0.3) is 33.4 Å². The van der Waals surface area contributed by atoms with Crippen LogP contribution >= 0.6 is 0 Å². The number of rotatable bonds is 0. The number of hydrogen-bond donors (Lipinski definition) is 0. The normalized spacial score (nSPS) is 16.4. The Kier molecular flexibility index (Phi) is 4.38. The molecule has 3 aliphatic rings. The third-order valence-corrected chi connectivity index (χ3v) is 8.54. The molecule has 0 bridgehead atoms. The maximum atomic E-state index is 2.55. The van der Waals surface area contributed by atoms with Gasteiger partial charge in [-0.1, -0.05) is 102 Å². The molecule has 34 heavy (non-hydrogen) atoms. The minimum atomic E-state index is 0.00382. The molecule has 0 radical (unpaired) electrons. The molecule has 0 aliphatic heterocycles. The van der Waals surface area contributed by atoms with E-state index in [1.165, 1.54) is 72.3 Å². The smallest absolute Gasteiger partial charge is 0.0159 e. The highest BCUT2D eigenvalue weighted by Gasteiger charge is 2.43. The third kappa shape index (κ3) is 2.55. The lowest BCUT2D eigenvalue weighted by Gasteiger charge is -2.24. The predicted molar refractivity (Wildman–Crippen MR) is 146 cm³/mol. The first-order chi connectivity index (χ1) is 16.3. The van der Waals surface area contributed by atoms with E-state index in [1.807, 2.05) is 13.8 Å². The zero-order chi connectivity index (χ0) is 24.0. The van der Waals surface area contributed by atoms with Gasteiger partial charge in [-0.2, -0.15) is 0 Å². The lowest BCUT2D eigenvalue weighted by atomic mass is 9.79. The van der Waals surface area contributed by atoms with Crippen molar-refractivity contribution in [2.45, 2.75) is 65.7 Å². The van der Waals surface area contributed by atoms with Crippen LogP contribution in [0.3, 0.4) is 0 Å². The van der Waals surface area contributed by atoms with Gasteiger partial charge >= 0.3 is 0 Å². The molecule has 0 unspecified atom stereocenters. The predicted octanol–water partition coefficient (Wildman–Crippen LogP) is 9.21. The van der Waals surface area contributed by atoms with E-state index in [1.54, 1.807) is 0 Å². The van der Waals surface area contributed by atoms with Crippen molar-refractivity contribution >= 4 is 0 Å². The summed E-state index contributed by atoms with van der Waals surface area (Å²) in [6, 6.07) is 25.9. The fourth-order valence-corrected chi connectivity index (χ4v) is 6.79. The highest BCUT2D eigenvalue weighted by Crippen LogP contribution is 2.59. The van der Waals surface area contributed by atoms with Gasteiger partial charge in [-0.3, -0.25) is 0 Å². The monoisotopic (exact) mass is 442 g/mol. The Bertz CT molecular complexity index is 1490. The Morgan fingerprint density at radius 3 is 1.97 bits per heavy atom. The molecule has 0 fully saturated rings. The molecule has 170 valence electrons. The largest absolute Gasteiger partial charge is 0.0683 e. The molecular weight excluding hydrogens is 408 g/mol. The number of benzene rings is 4. The summed E-state index contributed by atoms with van der Waals surface area (Å²) < 4.78 is 0. The van der Waals surface area contributed by atoms with E-state index in [9.17, 15) is 0 Å². The van der Waals surface area contributed by atoms with Crippen molar-refractivity contribution in [3.63, 3.8) is 0 Å². The van der Waals surface area contributed by atoms with E-state index in [0.717, 1.165) is 6.42 Å². The van der Waals surface area contributed by atoms with Gasteiger partial charge in [-0.15, -0.1) is 0 Å². The molecule has 7 rings (SSSR count). The van der Waals surface area contributed by atoms with E-state index in [4.69, 9.17) is 0 Å².